The molecule has 16 nitrogen and oxygen atoms in total. The molecule has 4 N–H and O–H groups in total. The lowest BCUT2D eigenvalue weighted by molar-refractivity contribution is -0.154. The average molecular weight is 963 g/mol. The SMILES string of the molecule is CCn1c(-c2cccnc2[C@H](C)OC)c2c3cc(ccc31)-c1cc(O)cc(c1)C[C@H](NC(=O)[C@H](C(C)C)N(C)C(=O)[C@H]1CCCCN(C(=O)[C@H]3CN3)C1)COCN1CCC[C@H](N1)C(=O)OCC(C)(C)C2. The molecule has 3 fully saturated rings. The predicted octanol–water partition coefficient (Wildman–Crippen LogP) is 5.98. The number of hydrogen-bond acceptors (Lipinski definition) is 12. The van der Waals surface area contributed by atoms with Gasteiger partial charge in [-0.1, -0.05) is 46.2 Å². The van der Waals surface area contributed by atoms with Gasteiger partial charge in [0, 0.05) is 75.0 Å². The van der Waals surface area contributed by atoms with Gasteiger partial charge in [-0.3, -0.25) is 24.2 Å². The van der Waals surface area contributed by atoms with Gasteiger partial charge in [0.05, 0.1) is 48.7 Å². The number of aromatic hydroxyl groups is 1. The number of amides is 3. The molecule has 378 valence electrons. The van der Waals surface area contributed by atoms with Crippen LogP contribution in [-0.4, -0.2) is 138 Å². The minimum atomic E-state index is -0.798. The molecule has 3 saturated heterocycles. The second-order valence-corrected chi connectivity index (χ2v) is 21.0. The van der Waals surface area contributed by atoms with Crippen LogP contribution >= 0.6 is 0 Å². The minimum Gasteiger partial charge on any atom is -0.508 e. The van der Waals surface area contributed by atoms with Gasteiger partial charge >= 0.3 is 5.97 Å². The minimum absolute atomic E-state index is 0.0363. The van der Waals surface area contributed by atoms with E-state index >= 15 is 0 Å². The number of rotatable bonds is 10. The number of esters is 1. The van der Waals surface area contributed by atoms with Crippen LogP contribution in [0.25, 0.3) is 33.3 Å². The summed E-state index contributed by atoms with van der Waals surface area (Å²) in [6, 6.07) is 13.9. The second-order valence-electron chi connectivity index (χ2n) is 21.0. The fourth-order valence-electron chi connectivity index (χ4n) is 10.8. The summed E-state index contributed by atoms with van der Waals surface area (Å²) >= 11 is 0. The maximum atomic E-state index is 14.6. The Morgan fingerprint density at radius 2 is 1.84 bits per heavy atom. The number of hydrogen-bond donors (Lipinski definition) is 4. The monoisotopic (exact) mass is 963 g/mol. The summed E-state index contributed by atoms with van der Waals surface area (Å²) in [5.41, 5.74) is 10.3. The summed E-state index contributed by atoms with van der Waals surface area (Å²) in [5, 5.41) is 20.7. The van der Waals surface area contributed by atoms with Crippen molar-refractivity contribution in [3.05, 3.63) is 71.5 Å². The van der Waals surface area contributed by atoms with E-state index in [1.165, 1.54) is 0 Å². The van der Waals surface area contributed by atoms with Gasteiger partial charge in [-0.25, -0.2) is 10.4 Å². The summed E-state index contributed by atoms with van der Waals surface area (Å²) in [6.07, 6.45) is 6.09. The fourth-order valence-corrected chi connectivity index (χ4v) is 10.8. The number of likely N-dealkylation sites (N-methyl/N-ethyl adjacent to an activating group) is 1. The number of nitrogens with one attached hydrogen (secondary N) is 3. The number of carbonyl (C=O) groups excluding carboxylic acids is 4. The van der Waals surface area contributed by atoms with Gasteiger partial charge in [-0.15, -0.1) is 0 Å². The van der Waals surface area contributed by atoms with E-state index in [9.17, 15) is 24.3 Å². The van der Waals surface area contributed by atoms with Crippen molar-refractivity contribution in [1.82, 2.24) is 40.4 Å². The first-order valence-electron chi connectivity index (χ1n) is 25.4. The average Bonchev–Trinajstić information content (AvgIpc) is 4.18. The molecule has 0 saturated carbocycles. The number of aryl methyl sites for hydroxylation is 1. The van der Waals surface area contributed by atoms with E-state index in [0.29, 0.717) is 58.4 Å². The predicted molar refractivity (Wildman–Crippen MR) is 268 cm³/mol. The number of fused-ring (bicyclic) bond motifs is 6. The maximum absolute atomic E-state index is 14.6. The topological polar surface area (TPSA) is 190 Å². The van der Waals surface area contributed by atoms with Crippen molar-refractivity contribution >= 4 is 34.6 Å². The highest BCUT2D eigenvalue weighted by molar-refractivity contribution is 5.95. The third kappa shape index (κ3) is 11.5. The Morgan fingerprint density at radius 1 is 1.04 bits per heavy atom. The van der Waals surface area contributed by atoms with E-state index in [1.807, 2.05) is 36.7 Å². The van der Waals surface area contributed by atoms with Crippen LogP contribution in [0.1, 0.15) is 96.6 Å². The van der Waals surface area contributed by atoms with Gasteiger partial charge < -0.3 is 44.3 Å². The third-order valence-electron chi connectivity index (χ3n) is 14.5. The zero-order valence-corrected chi connectivity index (χ0v) is 42.4. The van der Waals surface area contributed by atoms with Crippen LogP contribution < -0.4 is 16.1 Å². The van der Waals surface area contributed by atoms with Crippen molar-refractivity contribution in [1.29, 1.82) is 0 Å². The number of likely N-dealkylation sites (tertiary alicyclic amines) is 1. The molecule has 0 spiro atoms. The van der Waals surface area contributed by atoms with Gasteiger partial charge in [0.2, 0.25) is 17.7 Å². The number of nitrogens with zero attached hydrogens (tertiary/aromatic N) is 5. The molecule has 0 aliphatic carbocycles. The lowest BCUT2D eigenvalue weighted by Crippen LogP contribution is -2.56. The van der Waals surface area contributed by atoms with E-state index in [0.717, 1.165) is 69.4 Å². The number of phenolic OH excluding ortho intramolecular Hbond substituents is 1. The molecule has 0 radical (unpaired) electrons. The van der Waals surface area contributed by atoms with Crippen LogP contribution in [0.15, 0.2) is 54.7 Å². The summed E-state index contributed by atoms with van der Waals surface area (Å²) in [4.78, 5) is 64.0. The summed E-state index contributed by atoms with van der Waals surface area (Å²) in [5.74, 6) is -1.31. The highest BCUT2D eigenvalue weighted by atomic mass is 16.5. The third-order valence-corrected chi connectivity index (χ3v) is 14.5. The molecule has 4 aliphatic heterocycles. The standard InChI is InChI=1S/C54H74N8O8/c1-9-62-46-18-17-36-26-42(46)43(49(62)41-15-12-19-55-47(41)34(4)68-8)27-54(5,6)31-70-53(67)44-16-13-21-61(58-44)32-69-30-39(23-35-22-38(36)25-40(63)24-35)57-50(64)48(33(2)3)59(7)51(65)37-14-10-11-20-60(29-37)52(66)45-28-56-45/h12,15,17-19,22,24-26,33-34,37,39,44-45,48,56,58,63H,9-11,13-14,16,20-21,23,27-32H2,1-8H3,(H,57,64)/t34-,37-,39-,44-,45+,48-/m0/s1. The zero-order valence-electron chi connectivity index (χ0n) is 42.4. The molecule has 1 unspecified atom stereocenters. The molecule has 6 heterocycles. The molecule has 4 aliphatic rings. The van der Waals surface area contributed by atoms with Crippen molar-refractivity contribution in [2.75, 3.05) is 60.3 Å². The van der Waals surface area contributed by atoms with Gasteiger partial charge in [-0.2, -0.15) is 0 Å². The number of pyridine rings is 1. The Bertz CT molecular complexity index is 2540. The van der Waals surface area contributed by atoms with Crippen molar-refractivity contribution in [2.45, 2.75) is 123 Å². The number of hydrazine groups is 1. The van der Waals surface area contributed by atoms with Gasteiger partial charge in [0.25, 0.3) is 0 Å². The Kier molecular flexibility index (Phi) is 16.0. The van der Waals surface area contributed by atoms with Crippen molar-refractivity contribution < 1.29 is 38.5 Å². The van der Waals surface area contributed by atoms with Gasteiger partial charge in [-0.05, 0) is 117 Å². The van der Waals surface area contributed by atoms with Crippen LogP contribution in [0.4, 0.5) is 0 Å². The van der Waals surface area contributed by atoms with Gasteiger partial charge in [0.1, 0.15) is 24.6 Å². The highest BCUT2D eigenvalue weighted by Crippen LogP contribution is 2.42. The first-order chi connectivity index (χ1) is 33.5. The fraction of sp³-hybridized carbons (Fsp3) is 0.574. The number of ether oxygens (including phenoxy) is 3. The molecule has 8 rings (SSSR count). The largest absolute Gasteiger partial charge is 0.508 e. The second kappa shape index (κ2) is 21.9. The van der Waals surface area contributed by atoms with E-state index in [4.69, 9.17) is 19.2 Å². The van der Waals surface area contributed by atoms with E-state index in [1.54, 1.807) is 37.4 Å². The molecule has 4 aromatic rings. The van der Waals surface area contributed by atoms with E-state index in [2.05, 4.69) is 71.7 Å². The molecule has 3 amide bonds. The Balaban J connectivity index is 1.15. The van der Waals surface area contributed by atoms with Crippen LogP contribution in [0.2, 0.25) is 0 Å². The van der Waals surface area contributed by atoms with E-state index < -0.39 is 29.5 Å². The first-order valence-corrected chi connectivity index (χ1v) is 25.4. The zero-order chi connectivity index (χ0) is 49.9. The Labute approximate surface area is 412 Å². The Hall–Kier alpha value is -5.39. The number of phenols is 1. The lowest BCUT2D eigenvalue weighted by atomic mass is 9.84. The van der Waals surface area contributed by atoms with Crippen LogP contribution in [0.5, 0.6) is 5.75 Å². The maximum Gasteiger partial charge on any atom is 0.324 e. The number of benzene rings is 2. The van der Waals surface area contributed by atoms with E-state index in [-0.39, 0.29) is 67.4 Å². The summed E-state index contributed by atoms with van der Waals surface area (Å²) in [7, 11) is 3.38. The normalized spacial score (nSPS) is 24.0. The summed E-state index contributed by atoms with van der Waals surface area (Å²) < 4.78 is 20.7. The lowest BCUT2D eigenvalue weighted by Gasteiger charge is -2.35. The van der Waals surface area contributed by atoms with Crippen LogP contribution in [0.3, 0.4) is 0 Å². The smallest absolute Gasteiger partial charge is 0.324 e. The number of carbonyl (C=O) groups is 4. The molecule has 70 heavy (non-hydrogen) atoms. The molecular weight excluding hydrogens is 889 g/mol. The molecule has 16 heteroatoms. The van der Waals surface area contributed by atoms with Gasteiger partial charge in [0.15, 0.2) is 0 Å². The van der Waals surface area contributed by atoms with Crippen molar-refractivity contribution in [3.63, 3.8) is 0 Å². The summed E-state index contributed by atoms with van der Waals surface area (Å²) in [6.45, 7) is 15.7. The Morgan fingerprint density at radius 3 is 2.59 bits per heavy atom. The first kappa shape index (κ1) is 51.0. The molecule has 6 bridgehead atoms. The molecular formula is C54H74N8O8. The van der Waals surface area contributed by atoms with Crippen LogP contribution in [-0.2, 0) is 52.8 Å². The van der Waals surface area contributed by atoms with Crippen molar-refractivity contribution in [2.24, 2.45) is 17.3 Å². The number of methoxy groups -OCH3 is 1. The quantitative estimate of drug-likeness (QED) is 0.108. The highest BCUT2D eigenvalue weighted by Gasteiger charge is 2.39. The molecule has 2 aromatic carbocycles. The van der Waals surface area contributed by atoms with Crippen LogP contribution in [0, 0.1) is 17.3 Å². The number of cyclic esters (lactones) is 1. The number of aromatic nitrogens is 2. The molecule has 7 atom stereocenters. The molecule has 2 aromatic heterocycles. The van der Waals surface area contributed by atoms with Crippen molar-refractivity contribution in [3.8, 4) is 28.1 Å².